The van der Waals surface area contributed by atoms with Gasteiger partial charge >= 0.3 is 0 Å². The van der Waals surface area contributed by atoms with Crippen LogP contribution in [0.15, 0.2) is 23.4 Å². The maximum absolute atomic E-state index is 8.87. The molecule has 1 unspecified atom stereocenters. The van der Waals surface area contributed by atoms with Crippen LogP contribution < -0.4 is 5.32 Å². The first-order valence-electron chi connectivity index (χ1n) is 4.62. The summed E-state index contributed by atoms with van der Waals surface area (Å²) in [6.07, 6.45) is 2.90. The topological polar surface area (TPSA) is 48.7 Å². The standard InChI is InChI=1S/C10H11N3S.ClH/c11-6-8-2-1-4-13-10(8)14-9-3-5-12-7-9;/h1-2,4,9,12H,3,5,7H2;1H. The van der Waals surface area contributed by atoms with Gasteiger partial charge in [-0.25, -0.2) is 4.98 Å². The van der Waals surface area contributed by atoms with Crippen molar-refractivity contribution in [2.24, 2.45) is 0 Å². The predicted octanol–water partition coefficient (Wildman–Crippen LogP) is 1.83. The lowest BCUT2D eigenvalue weighted by Gasteiger charge is -2.07. The summed E-state index contributed by atoms with van der Waals surface area (Å²) in [5.74, 6) is 0. The fourth-order valence-electron chi connectivity index (χ4n) is 1.46. The molecule has 1 N–H and O–H groups in total. The largest absolute Gasteiger partial charge is 0.316 e. The van der Waals surface area contributed by atoms with Gasteiger partial charge in [-0.2, -0.15) is 5.26 Å². The molecule has 1 aromatic heterocycles. The molecule has 1 aliphatic rings. The van der Waals surface area contributed by atoms with Crippen molar-refractivity contribution in [3.05, 3.63) is 23.9 Å². The minimum Gasteiger partial charge on any atom is -0.316 e. The smallest absolute Gasteiger partial charge is 0.114 e. The Bertz CT molecular complexity index is 358. The number of pyridine rings is 1. The number of hydrogen-bond donors (Lipinski definition) is 1. The van der Waals surface area contributed by atoms with Crippen LogP contribution in [0.3, 0.4) is 0 Å². The first kappa shape index (κ1) is 12.3. The third-order valence-corrected chi connectivity index (χ3v) is 3.47. The van der Waals surface area contributed by atoms with Crippen LogP contribution in [0.5, 0.6) is 0 Å². The molecule has 0 aliphatic carbocycles. The minimum atomic E-state index is 0. The highest BCUT2D eigenvalue weighted by molar-refractivity contribution is 8.00. The van der Waals surface area contributed by atoms with Gasteiger partial charge in [-0.15, -0.1) is 24.2 Å². The van der Waals surface area contributed by atoms with Crippen molar-refractivity contribution < 1.29 is 0 Å². The Hall–Kier alpha value is -0.760. The SMILES string of the molecule is Cl.N#Cc1cccnc1SC1CCNC1. The van der Waals surface area contributed by atoms with Crippen LogP contribution in [-0.4, -0.2) is 23.3 Å². The lowest BCUT2D eigenvalue weighted by atomic mass is 10.3. The van der Waals surface area contributed by atoms with Crippen molar-refractivity contribution in [3.8, 4) is 6.07 Å². The molecule has 0 aromatic carbocycles. The fourth-order valence-corrected chi connectivity index (χ4v) is 2.57. The van der Waals surface area contributed by atoms with Gasteiger partial charge in [0, 0.05) is 18.0 Å². The van der Waals surface area contributed by atoms with E-state index in [0.29, 0.717) is 10.8 Å². The molecule has 5 heteroatoms. The van der Waals surface area contributed by atoms with Gasteiger partial charge in [0.1, 0.15) is 11.1 Å². The second kappa shape index (κ2) is 5.96. The molecule has 1 aromatic rings. The number of thioether (sulfide) groups is 1. The summed E-state index contributed by atoms with van der Waals surface area (Å²) in [6, 6.07) is 5.78. The lowest BCUT2D eigenvalue weighted by molar-refractivity contribution is 0.858. The van der Waals surface area contributed by atoms with E-state index in [1.165, 1.54) is 0 Å². The van der Waals surface area contributed by atoms with Crippen molar-refractivity contribution in [3.63, 3.8) is 0 Å². The summed E-state index contributed by atoms with van der Waals surface area (Å²) in [4.78, 5) is 4.23. The third kappa shape index (κ3) is 3.10. The molecule has 15 heavy (non-hydrogen) atoms. The van der Waals surface area contributed by atoms with E-state index < -0.39 is 0 Å². The number of nitrogens with zero attached hydrogens (tertiary/aromatic N) is 2. The molecule has 1 aliphatic heterocycles. The average molecular weight is 242 g/mol. The second-order valence-corrected chi connectivity index (χ2v) is 4.49. The lowest BCUT2D eigenvalue weighted by Crippen LogP contribution is -2.10. The van der Waals surface area contributed by atoms with E-state index in [-0.39, 0.29) is 12.4 Å². The monoisotopic (exact) mass is 241 g/mol. The fraction of sp³-hybridized carbons (Fsp3) is 0.400. The average Bonchev–Trinajstić information content (AvgIpc) is 2.71. The Morgan fingerprint density at radius 3 is 3.13 bits per heavy atom. The Kier molecular flexibility index (Phi) is 4.89. The third-order valence-electron chi connectivity index (χ3n) is 2.19. The van der Waals surface area contributed by atoms with E-state index in [1.807, 2.05) is 6.07 Å². The first-order chi connectivity index (χ1) is 6.90. The Morgan fingerprint density at radius 1 is 1.60 bits per heavy atom. The van der Waals surface area contributed by atoms with E-state index in [9.17, 15) is 0 Å². The number of nitriles is 1. The van der Waals surface area contributed by atoms with E-state index in [0.717, 1.165) is 24.5 Å². The Balaban J connectivity index is 0.00000112. The maximum Gasteiger partial charge on any atom is 0.114 e. The van der Waals surface area contributed by atoms with Crippen LogP contribution in [0.4, 0.5) is 0 Å². The molecule has 0 amide bonds. The number of hydrogen-bond acceptors (Lipinski definition) is 4. The summed E-state index contributed by atoms with van der Waals surface area (Å²) >= 11 is 1.71. The molecule has 2 rings (SSSR count). The van der Waals surface area contributed by atoms with Crippen LogP contribution >= 0.6 is 24.2 Å². The van der Waals surface area contributed by atoms with Gasteiger partial charge in [-0.3, -0.25) is 0 Å². The van der Waals surface area contributed by atoms with E-state index in [1.54, 1.807) is 24.0 Å². The number of aromatic nitrogens is 1. The molecule has 0 saturated carbocycles. The molecule has 0 spiro atoms. The number of halogens is 1. The molecule has 3 nitrogen and oxygen atoms in total. The summed E-state index contributed by atoms with van der Waals surface area (Å²) < 4.78 is 0. The molecule has 1 atom stereocenters. The molecule has 0 bridgehead atoms. The van der Waals surface area contributed by atoms with Gasteiger partial charge in [0.05, 0.1) is 5.56 Å². The summed E-state index contributed by atoms with van der Waals surface area (Å²) in [6.45, 7) is 2.10. The van der Waals surface area contributed by atoms with Crippen molar-refractivity contribution in [2.45, 2.75) is 16.7 Å². The molecule has 0 radical (unpaired) electrons. The highest BCUT2D eigenvalue weighted by atomic mass is 35.5. The number of rotatable bonds is 2. The zero-order chi connectivity index (χ0) is 9.80. The molecular formula is C10H12ClN3S. The van der Waals surface area contributed by atoms with Gasteiger partial charge in [0.2, 0.25) is 0 Å². The molecule has 1 fully saturated rings. The molecule has 80 valence electrons. The van der Waals surface area contributed by atoms with Crippen molar-refractivity contribution in [1.29, 1.82) is 5.26 Å². The molecule has 1 saturated heterocycles. The van der Waals surface area contributed by atoms with Gasteiger partial charge in [-0.1, -0.05) is 0 Å². The zero-order valence-corrected chi connectivity index (χ0v) is 9.77. The van der Waals surface area contributed by atoms with E-state index >= 15 is 0 Å². The minimum absolute atomic E-state index is 0. The number of nitrogens with one attached hydrogen (secondary N) is 1. The molecular weight excluding hydrogens is 230 g/mol. The van der Waals surface area contributed by atoms with Gasteiger partial charge in [-0.05, 0) is 25.1 Å². The normalized spacial score (nSPS) is 19.3. The zero-order valence-electron chi connectivity index (χ0n) is 8.14. The molecule has 2 heterocycles. The van der Waals surface area contributed by atoms with Gasteiger partial charge < -0.3 is 5.32 Å². The first-order valence-corrected chi connectivity index (χ1v) is 5.50. The highest BCUT2D eigenvalue weighted by Crippen LogP contribution is 2.27. The van der Waals surface area contributed by atoms with Crippen molar-refractivity contribution in [2.75, 3.05) is 13.1 Å². The van der Waals surface area contributed by atoms with Crippen molar-refractivity contribution in [1.82, 2.24) is 10.3 Å². The van der Waals surface area contributed by atoms with Gasteiger partial charge in [0.15, 0.2) is 0 Å². The Labute approximate surface area is 99.7 Å². The van der Waals surface area contributed by atoms with Crippen LogP contribution in [-0.2, 0) is 0 Å². The van der Waals surface area contributed by atoms with E-state index in [4.69, 9.17) is 5.26 Å². The highest BCUT2D eigenvalue weighted by Gasteiger charge is 2.17. The maximum atomic E-state index is 8.87. The van der Waals surface area contributed by atoms with Crippen LogP contribution in [0.2, 0.25) is 0 Å². The summed E-state index contributed by atoms with van der Waals surface area (Å²) in [7, 11) is 0. The Morgan fingerprint density at radius 2 is 2.47 bits per heavy atom. The van der Waals surface area contributed by atoms with Crippen LogP contribution in [0.1, 0.15) is 12.0 Å². The second-order valence-electron chi connectivity index (χ2n) is 3.20. The quantitative estimate of drug-likeness (QED) is 0.858. The van der Waals surface area contributed by atoms with Crippen LogP contribution in [0.25, 0.3) is 0 Å². The van der Waals surface area contributed by atoms with Gasteiger partial charge in [0.25, 0.3) is 0 Å². The van der Waals surface area contributed by atoms with Crippen LogP contribution in [0, 0.1) is 11.3 Å². The summed E-state index contributed by atoms with van der Waals surface area (Å²) in [5.41, 5.74) is 0.685. The van der Waals surface area contributed by atoms with E-state index in [2.05, 4.69) is 16.4 Å². The van der Waals surface area contributed by atoms with Crippen molar-refractivity contribution >= 4 is 24.2 Å². The predicted molar refractivity (Wildman–Crippen MR) is 63.3 cm³/mol. The summed E-state index contributed by atoms with van der Waals surface area (Å²) in [5, 5.41) is 13.6.